The van der Waals surface area contributed by atoms with Crippen molar-refractivity contribution in [3.63, 3.8) is 0 Å². The molecule has 0 atom stereocenters. The van der Waals surface area contributed by atoms with Gasteiger partial charge in [0.15, 0.2) is 0 Å². The molecule has 0 radical (unpaired) electrons. The van der Waals surface area contributed by atoms with E-state index in [0.29, 0.717) is 31.1 Å². The quantitative estimate of drug-likeness (QED) is 0.762. The van der Waals surface area contributed by atoms with E-state index in [1.165, 1.54) is 4.31 Å². The number of benzene rings is 2. The molecule has 5 nitrogen and oxygen atoms in total. The number of hydrogen-bond acceptors (Lipinski definition) is 3. The van der Waals surface area contributed by atoms with Crippen LogP contribution in [-0.2, 0) is 14.8 Å². The Bertz CT molecular complexity index is 945. The van der Waals surface area contributed by atoms with Crippen LogP contribution in [0.4, 0.5) is 0 Å². The first-order chi connectivity index (χ1) is 12.9. The Morgan fingerprint density at radius 3 is 2.22 bits per heavy atom. The number of piperazine rings is 1. The average Bonchev–Trinajstić information content (AvgIpc) is 2.69. The van der Waals surface area contributed by atoms with E-state index in [1.54, 1.807) is 29.2 Å². The average molecular weight is 385 g/mol. The molecule has 1 aliphatic heterocycles. The lowest BCUT2D eigenvalue weighted by Gasteiger charge is -2.33. The van der Waals surface area contributed by atoms with Crippen LogP contribution < -0.4 is 0 Å². The van der Waals surface area contributed by atoms with Crippen LogP contribution in [0.3, 0.4) is 0 Å². The summed E-state index contributed by atoms with van der Waals surface area (Å²) >= 11 is 0. The Kier molecular flexibility index (Phi) is 5.77. The van der Waals surface area contributed by atoms with Crippen LogP contribution in [0.2, 0.25) is 0 Å². The zero-order chi connectivity index (χ0) is 19.4. The molecule has 1 aliphatic rings. The lowest BCUT2D eigenvalue weighted by atomic mass is 10.1. The highest BCUT2D eigenvalue weighted by molar-refractivity contribution is 7.89. The molecule has 2 aromatic rings. The lowest BCUT2D eigenvalue weighted by Crippen LogP contribution is -2.50. The minimum Gasteiger partial charge on any atom is -0.337 e. The van der Waals surface area contributed by atoms with Crippen molar-refractivity contribution in [1.82, 2.24) is 9.21 Å². The van der Waals surface area contributed by atoms with E-state index in [2.05, 4.69) is 0 Å². The van der Waals surface area contributed by atoms with E-state index >= 15 is 0 Å². The number of carbonyl (C=O) groups excluding carboxylic acids is 1. The van der Waals surface area contributed by atoms with Crippen molar-refractivity contribution in [3.8, 4) is 0 Å². The maximum Gasteiger partial charge on any atom is 0.246 e. The standard InChI is InChI=1S/C21H24N2O3S/c1-17-8-10-20(16-18(17)2)27(25,26)23-14-12-22(13-15-23)21(24)11-9-19-6-4-3-5-7-19/h3-11,16H,12-15H2,1-2H3. The van der Waals surface area contributed by atoms with Crippen molar-refractivity contribution in [2.75, 3.05) is 26.2 Å². The first-order valence-corrected chi connectivity index (χ1v) is 10.4. The summed E-state index contributed by atoms with van der Waals surface area (Å²) in [6, 6.07) is 14.8. The van der Waals surface area contributed by atoms with Gasteiger partial charge in [0.25, 0.3) is 0 Å². The highest BCUT2D eigenvalue weighted by Crippen LogP contribution is 2.20. The predicted octanol–water partition coefficient (Wildman–Crippen LogP) is 2.85. The molecule has 3 rings (SSSR count). The Hall–Kier alpha value is -2.44. The summed E-state index contributed by atoms with van der Waals surface area (Å²) in [7, 11) is -3.53. The second kappa shape index (κ2) is 8.06. The van der Waals surface area contributed by atoms with Crippen LogP contribution in [0.1, 0.15) is 16.7 Å². The molecule has 1 saturated heterocycles. The molecule has 27 heavy (non-hydrogen) atoms. The van der Waals surface area contributed by atoms with E-state index in [1.807, 2.05) is 50.2 Å². The molecule has 0 N–H and O–H groups in total. The maximum absolute atomic E-state index is 12.8. The van der Waals surface area contributed by atoms with Crippen LogP contribution in [-0.4, -0.2) is 49.7 Å². The molecule has 142 valence electrons. The third kappa shape index (κ3) is 4.46. The van der Waals surface area contributed by atoms with Gasteiger partial charge in [-0.1, -0.05) is 36.4 Å². The van der Waals surface area contributed by atoms with E-state index < -0.39 is 10.0 Å². The van der Waals surface area contributed by atoms with E-state index in [-0.39, 0.29) is 5.91 Å². The first kappa shape index (κ1) is 19.3. The Morgan fingerprint density at radius 1 is 0.926 bits per heavy atom. The number of carbonyl (C=O) groups is 1. The summed E-state index contributed by atoms with van der Waals surface area (Å²) in [5, 5.41) is 0. The topological polar surface area (TPSA) is 57.7 Å². The summed E-state index contributed by atoms with van der Waals surface area (Å²) < 4.78 is 27.2. The minimum atomic E-state index is -3.53. The van der Waals surface area contributed by atoms with Crippen LogP contribution in [0.15, 0.2) is 59.5 Å². The number of hydrogen-bond donors (Lipinski definition) is 0. The number of sulfonamides is 1. The molecule has 6 heteroatoms. The van der Waals surface area contributed by atoms with Crippen molar-refractivity contribution in [2.24, 2.45) is 0 Å². The number of amides is 1. The van der Waals surface area contributed by atoms with E-state index in [9.17, 15) is 13.2 Å². The zero-order valence-electron chi connectivity index (χ0n) is 15.6. The zero-order valence-corrected chi connectivity index (χ0v) is 16.4. The molecule has 0 aliphatic carbocycles. The second-order valence-electron chi connectivity index (χ2n) is 6.72. The third-order valence-electron chi connectivity index (χ3n) is 4.88. The molecule has 0 bridgehead atoms. The second-order valence-corrected chi connectivity index (χ2v) is 8.66. The van der Waals surface area contributed by atoms with Gasteiger partial charge in [0.05, 0.1) is 4.90 Å². The van der Waals surface area contributed by atoms with Gasteiger partial charge in [-0.2, -0.15) is 4.31 Å². The largest absolute Gasteiger partial charge is 0.337 e. The van der Waals surface area contributed by atoms with Crippen molar-refractivity contribution < 1.29 is 13.2 Å². The first-order valence-electron chi connectivity index (χ1n) is 8.97. The van der Waals surface area contributed by atoms with E-state index in [0.717, 1.165) is 16.7 Å². The van der Waals surface area contributed by atoms with Crippen LogP contribution in [0, 0.1) is 13.8 Å². The predicted molar refractivity (Wildman–Crippen MR) is 107 cm³/mol. The molecule has 1 fully saturated rings. The number of aryl methyl sites for hydroxylation is 2. The van der Waals surface area contributed by atoms with Crippen molar-refractivity contribution in [2.45, 2.75) is 18.7 Å². The molecule has 0 unspecified atom stereocenters. The van der Waals surface area contributed by atoms with Gasteiger partial charge >= 0.3 is 0 Å². The molecule has 0 saturated carbocycles. The SMILES string of the molecule is Cc1ccc(S(=O)(=O)N2CCN(C(=O)C=Cc3ccccc3)CC2)cc1C. The molecular formula is C21H24N2O3S. The lowest BCUT2D eigenvalue weighted by molar-refractivity contribution is -0.127. The molecule has 2 aromatic carbocycles. The van der Waals surface area contributed by atoms with Gasteiger partial charge in [0.1, 0.15) is 0 Å². The third-order valence-corrected chi connectivity index (χ3v) is 6.78. The summed E-state index contributed by atoms with van der Waals surface area (Å²) in [6.45, 7) is 5.26. The van der Waals surface area contributed by atoms with Gasteiger partial charge in [0.2, 0.25) is 15.9 Å². The number of rotatable bonds is 4. The number of nitrogens with zero attached hydrogens (tertiary/aromatic N) is 2. The fourth-order valence-electron chi connectivity index (χ4n) is 3.01. The highest BCUT2D eigenvalue weighted by atomic mass is 32.2. The van der Waals surface area contributed by atoms with Crippen LogP contribution in [0.25, 0.3) is 6.08 Å². The summed E-state index contributed by atoms with van der Waals surface area (Å²) in [5.74, 6) is -0.0953. The van der Waals surface area contributed by atoms with Gasteiger partial charge in [0, 0.05) is 32.3 Å². The van der Waals surface area contributed by atoms with Gasteiger partial charge in [-0.25, -0.2) is 8.42 Å². The highest BCUT2D eigenvalue weighted by Gasteiger charge is 2.29. The Morgan fingerprint density at radius 2 is 1.59 bits per heavy atom. The normalized spacial score (nSPS) is 16.0. The van der Waals surface area contributed by atoms with Crippen molar-refractivity contribution in [1.29, 1.82) is 0 Å². The fourth-order valence-corrected chi connectivity index (χ4v) is 4.52. The van der Waals surface area contributed by atoms with Gasteiger partial charge in [-0.05, 0) is 48.7 Å². The molecule has 0 aromatic heterocycles. The summed E-state index contributed by atoms with van der Waals surface area (Å²) in [6.07, 6.45) is 3.32. The van der Waals surface area contributed by atoms with Crippen LogP contribution >= 0.6 is 0 Å². The molecule has 1 amide bonds. The van der Waals surface area contributed by atoms with E-state index in [4.69, 9.17) is 0 Å². The molecule has 1 heterocycles. The van der Waals surface area contributed by atoms with Crippen LogP contribution in [0.5, 0.6) is 0 Å². The summed E-state index contributed by atoms with van der Waals surface area (Å²) in [4.78, 5) is 14.4. The minimum absolute atomic E-state index is 0.0953. The smallest absolute Gasteiger partial charge is 0.246 e. The molecule has 0 spiro atoms. The maximum atomic E-state index is 12.8. The Labute approximate surface area is 161 Å². The van der Waals surface area contributed by atoms with Gasteiger partial charge in [-0.3, -0.25) is 4.79 Å². The van der Waals surface area contributed by atoms with Gasteiger partial charge in [-0.15, -0.1) is 0 Å². The van der Waals surface area contributed by atoms with Crippen molar-refractivity contribution >= 4 is 22.0 Å². The monoisotopic (exact) mass is 384 g/mol. The Balaban J connectivity index is 1.63. The van der Waals surface area contributed by atoms with Gasteiger partial charge < -0.3 is 4.90 Å². The van der Waals surface area contributed by atoms with Crippen molar-refractivity contribution in [3.05, 3.63) is 71.3 Å². The summed E-state index contributed by atoms with van der Waals surface area (Å²) in [5.41, 5.74) is 2.98. The molecular weight excluding hydrogens is 360 g/mol. The fraction of sp³-hybridized carbons (Fsp3) is 0.286.